The molecule has 0 spiro atoms. The number of nitrogens with two attached hydrogens (primary N) is 1. The lowest BCUT2D eigenvalue weighted by atomic mass is 10.2. The molecule has 3 nitrogen and oxygen atoms in total. The van der Waals surface area contributed by atoms with Gasteiger partial charge in [0.2, 0.25) is 0 Å². The molecule has 1 atom stereocenters. The van der Waals surface area contributed by atoms with E-state index in [1.165, 1.54) is 6.07 Å². The maximum absolute atomic E-state index is 13.2. The highest BCUT2D eigenvalue weighted by molar-refractivity contribution is 5.35. The van der Waals surface area contributed by atoms with Crippen molar-refractivity contribution in [3.05, 3.63) is 29.6 Å². The van der Waals surface area contributed by atoms with Gasteiger partial charge in [-0.15, -0.1) is 0 Å². The van der Waals surface area contributed by atoms with Crippen LogP contribution in [0.4, 0.5) is 4.39 Å². The van der Waals surface area contributed by atoms with Gasteiger partial charge in [0, 0.05) is 12.1 Å². The predicted molar refractivity (Wildman–Crippen MR) is 50.0 cm³/mol. The first-order valence-electron chi connectivity index (χ1n) is 4.22. The molecule has 1 rings (SSSR count). The van der Waals surface area contributed by atoms with Gasteiger partial charge in [-0.05, 0) is 13.0 Å². The van der Waals surface area contributed by atoms with E-state index in [0.717, 1.165) is 0 Å². The minimum Gasteiger partial charge on any atom is -0.472 e. The zero-order valence-corrected chi connectivity index (χ0v) is 7.83. The van der Waals surface area contributed by atoms with Gasteiger partial charge in [-0.3, -0.25) is 0 Å². The summed E-state index contributed by atoms with van der Waals surface area (Å²) in [7, 11) is 0. The summed E-state index contributed by atoms with van der Waals surface area (Å²) >= 11 is 0. The fraction of sp³-hybridized carbons (Fsp3) is 0.300. The molecule has 4 heteroatoms. The van der Waals surface area contributed by atoms with Crippen LogP contribution in [0.25, 0.3) is 0 Å². The van der Waals surface area contributed by atoms with Gasteiger partial charge in [-0.25, -0.2) is 4.39 Å². The minimum atomic E-state index is -0.683. The van der Waals surface area contributed by atoms with Crippen LogP contribution in [0.2, 0.25) is 0 Å². The smallest absolute Gasteiger partial charge is 0.181 e. The Balaban J connectivity index is 3.00. The van der Waals surface area contributed by atoms with Gasteiger partial charge < -0.3 is 10.5 Å². The van der Waals surface area contributed by atoms with E-state index in [4.69, 9.17) is 15.7 Å². The standard InChI is InChI=1S/C10H11FN2O/c1-7(5-12)14-10-8(6-13)3-2-4-9(10)11/h2-4,7H,6,13H2,1H3. The Morgan fingerprint density at radius 3 is 2.93 bits per heavy atom. The van der Waals surface area contributed by atoms with Crippen LogP contribution in [0.15, 0.2) is 18.2 Å². The van der Waals surface area contributed by atoms with E-state index in [1.54, 1.807) is 19.1 Å². The summed E-state index contributed by atoms with van der Waals surface area (Å²) in [5.74, 6) is -0.417. The summed E-state index contributed by atoms with van der Waals surface area (Å²) in [6.07, 6.45) is -0.683. The molecule has 74 valence electrons. The van der Waals surface area contributed by atoms with E-state index in [0.29, 0.717) is 5.56 Å². The zero-order valence-electron chi connectivity index (χ0n) is 7.83. The monoisotopic (exact) mass is 194 g/mol. The molecule has 0 aliphatic heterocycles. The lowest BCUT2D eigenvalue weighted by molar-refractivity contribution is 0.260. The maximum atomic E-state index is 13.2. The Hall–Kier alpha value is -1.60. The highest BCUT2D eigenvalue weighted by Gasteiger charge is 2.11. The molecule has 0 saturated carbocycles. The number of nitrogens with zero attached hydrogens (tertiary/aromatic N) is 1. The average molecular weight is 194 g/mol. The van der Waals surface area contributed by atoms with Crippen molar-refractivity contribution in [2.75, 3.05) is 0 Å². The van der Waals surface area contributed by atoms with Gasteiger partial charge >= 0.3 is 0 Å². The van der Waals surface area contributed by atoms with Crippen LogP contribution >= 0.6 is 0 Å². The van der Waals surface area contributed by atoms with Crippen LogP contribution in [0.3, 0.4) is 0 Å². The van der Waals surface area contributed by atoms with Crippen LogP contribution < -0.4 is 10.5 Å². The molecule has 0 fully saturated rings. The molecule has 1 aromatic rings. The largest absolute Gasteiger partial charge is 0.472 e. The number of hydrogen-bond donors (Lipinski definition) is 1. The Morgan fingerprint density at radius 2 is 2.36 bits per heavy atom. The third kappa shape index (κ3) is 2.21. The molecule has 14 heavy (non-hydrogen) atoms. The lowest BCUT2D eigenvalue weighted by Gasteiger charge is -2.12. The lowest BCUT2D eigenvalue weighted by Crippen LogP contribution is -2.12. The quantitative estimate of drug-likeness (QED) is 0.794. The van der Waals surface area contributed by atoms with E-state index in [9.17, 15) is 4.39 Å². The molecular formula is C10H11FN2O. The van der Waals surface area contributed by atoms with Gasteiger partial charge in [0.15, 0.2) is 17.7 Å². The molecule has 1 unspecified atom stereocenters. The second kappa shape index (κ2) is 4.58. The highest BCUT2D eigenvalue weighted by atomic mass is 19.1. The van der Waals surface area contributed by atoms with Crippen molar-refractivity contribution in [1.82, 2.24) is 0 Å². The number of rotatable bonds is 3. The molecule has 0 aliphatic carbocycles. The molecule has 0 aromatic heterocycles. The number of nitriles is 1. The second-order valence-corrected chi connectivity index (χ2v) is 2.82. The Labute approximate surface area is 81.9 Å². The summed E-state index contributed by atoms with van der Waals surface area (Å²) in [6.45, 7) is 1.73. The highest BCUT2D eigenvalue weighted by Crippen LogP contribution is 2.23. The fourth-order valence-electron chi connectivity index (χ4n) is 1.05. The summed E-state index contributed by atoms with van der Waals surface area (Å²) in [6, 6.07) is 6.36. The number of ether oxygens (including phenoxy) is 1. The molecule has 0 saturated heterocycles. The summed E-state index contributed by atoms with van der Waals surface area (Å²) in [4.78, 5) is 0. The molecule has 0 radical (unpaired) electrons. The third-order valence-electron chi connectivity index (χ3n) is 1.74. The van der Waals surface area contributed by atoms with Crippen molar-refractivity contribution in [2.45, 2.75) is 19.6 Å². The molecule has 0 amide bonds. The van der Waals surface area contributed by atoms with Crippen LogP contribution in [-0.4, -0.2) is 6.10 Å². The first kappa shape index (κ1) is 10.5. The Kier molecular flexibility index (Phi) is 3.43. The van der Waals surface area contributed by atoms with Gasteiger partial charge in [0.05, 0.1) is 0 Å². The van der Waals surface area contributed by atoms with Crippen molar-refractivity contribution in [1.29, 1.82) is 5.26 Å². The Bertz CT molecular complexity index is 360. The van der Waals surface area contributed by atoms with E-state index in [2.05, 4.69) is 0 Å². The molecule has 1 aromatic carbocycles. The van der Waals surface area contributed by atoms with Gasteiger partial charge in [-0.2, -0.15) is 5.26 Å². The Morgan fingerprint density at radius 1 is 1.64 bits per heavy atom. The van der Waals surface area contributed by atoms with Crippen molar-refractivity contribution in [3.63, 3.8) is 0 Å². The van der Waals surface area contributed by atoms with Gasteiger partial charge in [-0.1, -0.05) is 12.1 Å². The zero-order chi connectivity index (χ0) is 10.6. The molecular weight excluding hydrogens is 183 g/mol. The van der Waals surface area contributed by atoms with Crippen molar-refractivity contribution < 1.29 is 9.13 Å². The number of hydrogen-bond acceptors (Lipinski definition) is 3. The topological polar surface area (TPSA) is 59.0 Å². The number of benzene rings is 1. The average Bonchev–Trinajstić information content (AvgIpc) is 2.20. The van der Waals surface area contributed by atoms with Crippen LogP contribution in [0, 0.1) is 17.1 Å². The van der Waals surface area contributed by atoms with Crippen LogP contribution in [-0.2, 0) is 6.54 Å². The predicted octanol–water partition coefficient (Wildman–Crippen LogP) is 1.58. The van der Waals surface area contributed by atoms with E-state index < -0.39 is 11.9 Å². The summed E-state index contributed by atoms with van der Waals surface area (Å²) in [5, 5.41) is 8.52. The van der Waals surface area contributed by atoms with Crippen molar-refractivity contribution in [3.8, 4) is 11.8 Å². The van der Waals surface area contributed by atoms with Gasteiger partial charge in [0.25, 0.3) is 0 Å². The minimum absolute atomic E-state index is 0.0732. The molecule has 0 bridgehead atoms. The summed E-state index contributed by atoms with van der Waals surface area (Å²) in [5.41, 5.74) is 5.97. The van der Waals surface area contributed by atoms with Crippen molar-refractivity contribution in [2.24, 2.45) is 5.73 Å². The van der Waals surface area contributed by atoms with E-state index in [-0.39, 0.29) is 12.3 Å². The van der Waals surface area contributed by atoms with Gasteiger partial charge in [0.1, 0.15) is 6.07 Å². The molecule has 0 aliphatic rings. The van der Waals surface area contributed by atoms with E-state index >= 15 is 0 Å². The fourth-order valence-corrected chi connectivity index (χ4v) is 1.05. The maximum Gasteiger partial charge on any atom is 0.181 e. The number of halogens is 1. The molecule has 0 heterocycles. The number of para-hydroxylation sites is 1. The third-order valence-corrected chi connectivity index (χ3v) is 1.74. The van der Waals surface area contributed by atoms with E-state index in [1.807, 2.05) is 6.07 Å². The molecule has 2 N–H and O–H groups in total. The van der Waals surface area contributed by atoms with Crippen LogP contribution in [0.1, 0.15) is 12.5 Å². The first-order chi connectivity index (χ1) is 6.69. The SMILES string of the molecule is CC(C#N)Oc1c(F)cccc1CN. The first-order valence-corrected chi connectivity index (χ1v) is 4.22. The second-order valence-electron chi connectivity index (χ2n) is 2.82. The normalized spacial score (nSPS) is 11.9. The summed E-state index contributed by atoms with van der Waals surface area (Å²) < 4.78 is 18.3. The van der Waals surface area contributed by atoms with Crippen LogP contribution in [0.5, 0.6) is 5.75 Å². The van der Waals surface area contributed by atoms with Crippen molar-refractivity contribution >= 4 is 0 Å².